The molecule has 3 heteroatoms. The second-order valence-corrected chi connectivity index (χ2v) is 9.75. The van der Waals surface area contributed by atoms with Crippen LogP contribution in [0.1, 0.15) is 59.6 Å². The van der Waals surface area contributed by atoms with E-state index in [4.69, 9.17) is 9.98 Å². The number of Topliss-reactive ketones (excluding diaryl/α,β-unsaturated/α-hetero) is 1. The van der Waals surface area contributed by atoms with Gasteiger partial charge in [-0.1, -0.05) is 71.4 Å². The van der Waals surface area contributed by atoms with Gasteiger partial charge in [-0.3, -0.25) is 4.79 Å². The minimum atomic E-state index is -0.242. The van der Waals surface area contributed by atoms with E-state index in [9.17, 15) is 4.79 Å². The Morgan fingerprint density at radius 3 is 1.71 bits per heavy atom. The first-order valence-corrected chi connectivity index (χ1v) is 9.82. The number of carbonyl (C=O) groups excluding carboxylic acids is 1. The van der Waals surface area contributed by atoms with Gasteiger partial charge in [0.05, 0.1) is 11.4 Å². The quantitative estimate of drug-likeness (QED) is 0.594. The average Bonchev–Trinajstić information content (AvgIpc) is 2.95. The van der Waals surface area contributed by atoms with Gasteiger partial charge in [-0.25, -0.2) is 9.98 Å². The fraction of sp³-hybridized carbons (Fsp3) is 0.400. The molecule has 1 aliphatic heterocycles. The first-order chi connectivity index (χ1) is 12.9. The zero-order valence-electron chi connectivity index (χ0n) is 18.3. The molecule has 0 atom stereocenters. The van der Waals surface area contributed by atoms with Crippen LogP contribution in [0.4, 0.5) is 0 Å². The lowest BCUT2D eigenvalue weighted by molar-refractivity contribution is -0.114. The monoisotopic (exact) mass is 374 g/mol. The van der Waals surface area contributed by atoms with E-state index in [1.165, 1.54) is 5.56 Å². The number of allylic oxidation sites excluding steroid dienone is 5. The molecule has 0 amide bonds. The molecule has 3 rings (SSSR count). The summed E-state index contributed by atoms with van der Waals surface area (Å²) in [6.45, 7) is 16.5. The second-order valence-electron chi connectivity index (χ2n) is 9.75. The third-order valence-corrected chi connectivity index (χ3v) is 5.12. The second kappa shape index (κ2) is 6.80. The van der Waals surface area contributed by atoms with Gasteiger partial charge in [0.1, 0.15) is 0 Å². The molecule has 1 aliphatic carbocycles. The fourth-order valence-corrected chi connectivity index (χ4v) is 3.41. The van der Waals surface area contributed by atoms with Crippen molar-refractivity contribution in [2.75, 3.05) is 0 Å². The van der Waals surface area contributed by atoms with Gasteiger partial charge in [-0.05, 0) is 36.8 Å². The van der Waals surface area contributed by atoms with Gasteiger partial charge in [-0.15, -0.1) is 0 Å². The van der Waals surface area contributed by atoms with Crippen LogP contribution in [0.2, 0.25) is 0 Å². The average molecular weight is 375 g/mol. The van der Waals surface area contributed by atoms with Gasteiger partial charge in [-0.2, -0.15) is 0 Å². The highest BCUT2D eigenvalue weighted by molar-refractivity contribution is 6.49. The number of aliphatic imine (C=N–C) groups is 2. The molecular formula is C25H30N2O. The molecule has 0 fully saturated rings. The SMILES string of the molecule is CC1=NC(=C2C=C(C(C)(C)C)C(=O)C(C(C)(C)C)=C2)N=C1c1ccc(C)cc1. The Kier molecular flexibility index (Phi) is 4.91. The van der Waals surface area contributed by atoms with Crippen LogP contribution >= 0.6 is 0 Å². The smallest absolute Gasteiger partial charge is 0.186 e. The van der Waals surface area contributed by atoms with Crippen molar-refractivity contribution < 1.29 is 4.79 Å². The summed E-state index contributed by atoms with van der Waals surface area (Å²) in [7, 11) is 0. The number of nitrogens with zero attached hydrogens (tertiary/aromatic N) is 2. The number of hydrogen-bond acceptors (Lipinski definition) is 3. The maximum absolute atomic E-state index is 13.1. The predicted octanol–water partition coefficient (Wildman–Crippen LogP) is 6.00. The zero-order valence-corrected chi connectivity index (χ0v) is 18.3. The summed E-state index contributed by atoms with van der Waals surface area (Å²) >= 11 is 0. The Hall–Kier alpha value is -2.55. The molecule has 28 heavy (non-hydrogen) atoms. The van der Waals surface area contributed by atoms with Gasteiger partial charge in [0, 0.05) is 22.3 Å². The van der Waals surface area contributed by atoms with Gasteiger partial charge < -0.3 is 0 Å². The molecule has 146 valence electrons. The molecule has 1 heterocycles. The lowest BCUT2D eigenvalue weighted by Crippen LogP contribution is -2.28. The standard InChI is InChI=1S/C25H30N2O/c1-15-9-11-17(12-10-15)21-16(2)26-23(27-21)18-13-19(24(3,4)5)22(28)20(14-18)25(6,7)8/h9-14H,1-8H3. The lowest BCUT2D eigenvalue weighted by atomic mass is 9.72. The number of rotatable bonds is 1. The summed E-state index contributed by atoms with van der Waals surface area (Å²) in [5.74, 6) is 0.815. The first kappa shape index (κ1) is 20.2. The van der Waals surface area contributed by atoms with E-state index in [0.717, 1.165) is 33.7 Å². The Morgan fingerprint density at radius 2 is 1.25 bits per heavy atom. The molecule has 0 aromatic heterocycles. The third kappa shape index (κ3) is 3.84. The van der Waals surface area contributed by atoms with Crippen LogP contribution in [0.15, 0.2) is 68.9 Å². The summed E-state index contributed by atoms with van der Waals surface area (Å²) in [6.07, 6.45) is 3.95. The Bertz CT molecular complexity index is 946. The predicted molar refractivity (Wildman–Crippen MR) is 118 cm³/mol. The topological polar surface area (TPSA) is 41.8 Å². The molecule has 0 spiro atoms. The summed E-state index contributed by atoms with van der Waals surface area (Å²) in [6, 6.07) is 8.34. The summed E-state index contributed by atoms with van der Waals surface area (Å²) in [5, 5.41) is 0. The van der Waals surface area contributed by atoms with Crippen molar-refractivity contribution in [1.82, 2.24) is 0 Å². The Balaban J connectivity index is 2.18. The molecule has 1 aromatic rings. The Labute approximate surface area is 168 Å². The molecule has 2 aliphatic rings. The van der Waals surface area contributed by atoms with E-state index < -0.39 is 0 Å². The summed E-state index contributed by atoms with van der Waals surface area (Å²) in [5.41, 5.74) is 6.14. The number of ketones is 1. The van der Waals surface area contributed by atoms with E-state index in [-0.39, 0.29) is 16.6 Å². The molecule has 3 nitrogen and oxygen atoms in total. The van der Waals surface area contributed by atoms with E-state index in [0.29, 0.717) is 5.82 Å². The van der Waals surface area contributed by atoms with Crippen LogP contribution in [0, 0.1) is 17.8 Å². The Morgan fingerprint density at radius 1 is 0.750 bits per heavy atom. The highest BCUT2D eigenvalue weighted by atomic mass is 16.1. The molecular weight excluding hydrogens is 344 g/mol. The van der Waals surface area contributed by atoms with Crippen LogP contribution < -0.4 is 0 Å². The third-order valence-electron chi connectivity index (χ3n) is 5.12. The molecule has 0 unspecified atom stereocenters. The number of carbonyl (C=O) groups is 1. The van der Waals surface area contributed by atoms with Gasteiger partial charge in [0.25, 0.3) is 0 Å². The van der Waals surface area contributed by atoms with Crippen molar-refractivity contribution in [3.8, 4) is 0 Å². The first-order valence-electron chi connectivity index (χ1n) is 9.82. The molecule has 0 saturated carbocycles. The van der Waals surface area contributed by atoms with Crippen LogP contribution in [0.5, 0.6) is 0 Å². The van der Waals surface area contributed by atoms with Crippen LogP contribution in [0.25, 0.3) is 0 Å². The summed E-state index contributed by atoms with van der Waals surface area (Å²) < 4.78 is 0. The molecule has 0 radical (unpaired) electrons. The molecule has 0 saturated heterocycles. The lowest BCUT2D eigenvalue weighted by Gasteiger charge is -2.31. The number of benzene rings is 1. The van der Waals surface area contributed by atoms with Crippen molar-refractivity contribution in [2.45, 2.75) is 55.4 Å². The van der Waals surface area contributed by atoms with Gasteiger partial charge >= 0.3 is 0 Å². The van der Waals surface area contributed by atoms with Crippen molar-refractivity contribution in [2.24, 2.45) is 20.8 Å². The normalized spacial score (nSPS) is 18.1. The van der Waals surface area contributed by atoms with Crippen molar-refractivity contribution in [3.05, 3.63) is 70.1 Å². The van der Waals surface area contributed by atoms with Gasteiger partial charge in [0.15, 0.2) is 11.6 Å². The van der Waals surface area contributed by atoms with Crippen LogP contribution in [-0.2, 0) is 4.79 Å². The van der Waals surface area contributed by atoms with Crippen molar-refractivity contribution in [1.29, 1.82) is 0 Å². The maximum atomic E-state index is 13.1. The number of aryl methyl sites for hydroxylation is 1. The maximum Gasteiger partial charge on any atom is 0.186 e. The van der Waals surface area contributed by atoms with Crippen molar-refractivity contribution in [3.63, 3.8) is 0 Å². The van der Waals surface area contributed by atoms with Gasteiger partial charge in [0.2, 0.25) is 0 Å². The molecule has 0 N–H and O–H groups in total. The van der Waals surface area contributed by atoms with Crippen molar-refractivity contribution >= 4 is 17.2 Å². The zero-order chi connectivity index (χ0) is 20.9. The van der Waals surface area contributed by atoms with E-state index in [2.05, 4.69) is 72.7 Å². The van der Waals surface area contributed by atoms with E-state index in [1.54, 1.807) is 0 Å². The number of hydrogen-bond donors (Lipinski definition) is 0. The van der Waals surface area contributed by atoms with E-state index >= 15 is 0 Å². The molecule has 1 aromatic carbocycles. The van der Waals surface area contributed by atoms with E-state index in [1.807, 2.05) is 19.1 Å². The largest absolute Gasteiger partial charge is 0.289 e. The fourth-order valence-electron chi connectivity index (χ4n) is 3.41. The van der Waals surface area contributed by atoms with Crippen LogP contribution in [-0.4, -0.2) is 17.2 Å². The molecule has 0 bridgehead atoms. The highest BCUT2D eigenvalue weighted by Crippen LogP contribution is 2.40. The highest BCUT2D eigenvalue weighted by Gasteiger charge is 2.35. The minimum absolute atomic E-state index is 0.130. The van der Waals surface area contributed by atoms with Crippen LogP contribution in [0.3, 0.4) is 0 Å². The summed E-state index contributed by atoms with van der Waals surface area (Å²) in [4.78, 5) is 22.7. The minimum Gasteiger partial charge on any atom is -0.289 e.